The van der Waals surface area contributed by atoms with E-state index in [4.69, 9.17) is 5.73 Å². The van der Waals surface area contributed by atoms with Gasteiger partial charge in [-0.3, -0.25) is 4.79 Å². The molecule has 0 spiro atoms. The molecule has 8 heteroatoms. The van der Waals surface area contributed by atoms with Gasteiger partial charge in [-0.1, -0.05) is 6.92 Å². The van der Waals surface area contributed by atoms with Gasteiger partial charge in [-0.2, -0.15) is 0 Å². The van der Waals surface area contributed by atoms with E-state index in [1.807, 2.05) is 6.92 Å². The van der Waals surface area contributed by atoms with Gasteiger partial charge in [0.2, 0.25) is 0 Å². The summed E-state index contributed by atoms with van der Waals surface area (Å²) in [7, 11) is -2.00. The fourth-order valence-electron chi connectivity index (χ4n) is 1.43. The lowest BCUT2D eigenvalue weighted by Crippen LogP contribution is -2.18. The summed E-state index contributed by atoms with van der Waals surface area (Å²) in [6.45, 7) is 2.58. The number of sulfone groups is 1. The first-order valence-electron chi connectivity index (χ1n) is 5.41. The largest absolute Gasteiger partial charge is 0.396 e. The highest BCUT2D eigenvalue weighted by Crippen LogP contribution is 2.39. The van der Waals surface area contributed by atoms with Crippen molar-refractivity contribution >= 4 is 37.8 Å². The summed E-state index contributed by atoms with van der Waals surface area (Å²) in [5, 5.41) is 5.85. The van der Waals surface area contributed by atoms with Gasteiger partial charge in [-0.15, -0.1) is 11.3 Å². The summed E-state index contributed by atoms with van der Waals surface area (Å²) in [5.41, 5.74) is 5.78. The molecule has 1 amide bonds. The first-order valence-corrected chi connectivity index (χ1v) is 8.12. The van der Waals surface area contributed by atoms with E-state index >= 15 is 0 Å². The monoisotopic (exact) mass is 291 g/mol. The van der Waals surface area contributed by atoms with Crippen LogP contribution in [-0.4, -0.2) is 34.2 Å². The summed E-state index contributed by atoms with van der Waals surface area (Å²) in [6, 6.07) is 0. The molecule has 1 aromatic heterocycles. The standard InChI is InChI=1S/C10H17N3O3S2/c1-4-5-13-10-8(18(3,15)16)6(11)7(17-10)9(14)12-2/h13H,4-5,11H2,1-3H3,(H,12,14). The van der Waals surface area contributed by atoms with Gasteiger partial charge in [0.05, 0.1) is 5.69 Å². The lowest BCUT2D eigenvalue weighted by Gasteiger charge is -2.04. The molecule has 0 fully saturated rings. The van der Waals surface area contributed by atoms with Crippen LogP contribution >= 0.6 is 11.3 Å². The molecule has 0 aromatic carbocycles. The Morgan fingerprint density at radius 3 is 2.50 bits per heavy atom. The maximum atomic E-state index is 11.7. The quantitative estimate of drug-likeness (QED) is 0.748. The molecule has 0 radical (unpaired) electrons. The average molecular weight is 291 g/mol. The number of nitrogen functional groups attached to an aromatic ring is 1. The predicted molar refractivity (Wildman–Crippen MR) is 74.0 cm³/mol. The van der Waals surface area contributed by atoms with Gasteiger partial charge in [0.25, 0.3) is 5.91 Å². The third kappa shape index (κ3) is 2.94. The van der Waals surface area contributed by atoms with Crippen molar-refractivity contribution in [1.82, 2.24) is 5.32 Å². The summed E-state index contributed by atoms with van der Waals surface area (Å²) in [6.07, 6.45) is 1.92. The van der Waals surface area contributed by atoms with Gasteiger partial charge in [0.1, 0.15) is 14.8 Å². The van der Waals surface area contributed by atoms with Crippen molar-refractivity contribution in [1.29, 1.82) is 0 Å². The topological polar surface area (TPSA) is 101 Å². The van der Waals surface area contributed by atoms with Crippen LogP contribution in [0.3, 0.4) is 0 Å². The number of carbonyl (C=O) groups excluding carboxylic acids is 1. The second-order valence-electron chi connectivity index (χ2n) is 3.78. The van der Waals surface area contributed by atoms with Crippen molar-refractivity contribution in [2.24, 2.45) is 0 Å². The van der Waals surface area contributed by atoms with Crippen molar-refractivity contribution in [3.05, 3.63) is 4.88 Å². The van der Waals surface area contributed by atoms with E-state index in [9.17, 15) is 13.2 Å². The van der Waals surface area contributed by atoms with Crippen molar-refractivity contribution < 1.29 is 13.2 Å². The number of nitrogens with two attached hydrogens (primary N) is 1. The fourth-order valence-corrected chi connectivity index (χ4v) is 3.98. The van der Waals surface area contributed by atoms with Crippen LogP contribution in [0.1, 0.15) is 23.0 Å². The molecule has 0 saturated heterocycles. The number of carbonyl (C=O) groups is 1. The summed E-state index contributed by atoms with van der Waals surface area (Å²) in [4.78, 5) is 11.8. The van der Waals surface area contributed by atoms with Crippen molar-refractivity contribution in [2.75, 3.05) is 30.9 Å². The van der Waals surface area contributed by atoms with Gasteiger partial charge in [0.15, 0.2) is 9.84 Å². The Morgan fingerprint density at radius 2 is 2.06 bits per heavy atom. The van der Waals surface area contributed by atoms with Crippen LogP contribution in [0.4, 0.5) is 10.7 Å². The Labute approximate surface area is 110 Å². The molecule has 4 N–H and O–H groups in total. The summed E-state index contributed by atoms with van der Waals surface area (Å²) in [5.74, 6) is -0.382. The van der Waals surface area contributed by atoms with Crippen molar-refractivity contribution in [2.45, 2.75) is 18.2 Å². The van der Waals surface area contributed by atoms with Gasteiger partial charge in [-0.25, -0.2) is 8.42 Å². The highest BCUT2D eigenvalue weighted by Gasteiger charge is 2.26. The number of amides is 1. The van der Waals surface area contributed by atoms with E-state index in [2.05, 4.69) is 10.6 Å². The van der Waals surface area contributed by atoms with Crippen LogP contribution < -0.4 is 16.4 Å². The first-order chi connectivity index (χ1) is 8.32. The molecule has 102 valence electrons. The van der Waals surface area contributed by atoms with Crippen molar-refractivity contribution in [3.8, 4) is 0 Å². The number of anilines is 2. The SMILES string of the molecule is CCCNc1sc(C(=O)NC)c(N)c1S(C)(=O)=O. The Bertz CT molecular complexity index is 549. The normalized spacial score (nSPS) is 11.3. The van der Waals surface area contributed by atoms with E-state index in [-0.39, 0.29) is 21.4 Å². The second-order valence-corrected chi connectivity index (χ2v) is 6.75. The van der Waals surface area contributed by atoms with Gasteiger partial charge >= 0.3 is 0 Å². The molecule has 0 unspecified atom stereocenters. The predicted octanol–water partition coefficient (Wildman–Crippen LogP) is 0.915. The molecule has 1 rings (SSSR count). The highest BCUT2D eigenvalue weighted by atomic mass is 32.2. The Balaban J connectivity index is 3.37. The van der Waals surface area contributed by atoms with E-state index in [0.717, 1.165) is 24.0 Å². The molecule has 0 saturated carbocycles. The number of rotatable bonds is 5. The number of nitrogens with one attached hydrogen (secondary N) is 2. The molecule has 1 aromatic rings. The Morgan fingerprint density at radius 1 is 1.44 bits per heavy atom. The maximum Gasteiger partial charge on any atom is 0.263 e. The van der Waals surface area contributed by atoms with Gasteiger partial charge < -0.3 is 16.4 Å². The van der Waals surface area contributed by atoms with Crippen LogP contribution in [0.15, 0.2) is 4.90 Å². The van der Waals surface area contributed by atoms with Crippen LogP contribution in [0, 0.1) is 0 Å². The van der Waals surface area contributed by atoms with E-state index in [1.54, 1.807) is 0 Å². The molecule has 6 nitrogen and oxygen atoms in total. The average Bonchev–Trinajstić information content (AvgIpc) is 2.62. The highest BCUT2D eigenvalue weighted by molar-refractivity contribution is 7.91. The minimum Gasteiger partial charge on any atom is -0.396 e. The molecule has 0 atom stereocenters. The van der Waals surface area contributed by atoms with Crippen LogP contribution in [0.5, 0.6) is 0 Å². The number of hydrogen-bond acceptors (Lipinski definition) is 6. The molecule has 0 aliphatic rings. The lowest BCUT2D eigenvalue weighted by atomic mass is 10.3. The minimum atomic E-state index is -3.47. The van der Waals surface area contributed by atoms with E-state index in [0.29, 0.717) is 11.5 Å². The molecule has 1 heterocycles. The first kappa shape index (κ1) is 14.8. The van der Waals surface area contributed by atoms with Gasteiger partial charge in [-0.05, 0) is 6.42 Å². The minimum absolute atomic E-state index is 0.0135. The Hall–Kier alpha value is -1.28. The Kier molecular flexibility index (Phi) is 4.58. The van der Waals surface area contributed by atoms with E-state index in [1.165, 1.54) is 7.05 Å². The van der Waals surface area contributed by atoms with Crippen LogP contribution in [-0.2, 0) is 9.84 Å². The summed E-state index contributed by atoms with van der Waals surface area (Å²) >= 11 is 1.06. The molecular weight excluding hydrogens is 274 g/mol. The van der Waals surface area contributed by atoms with Crippen LogP contribution in [0.25, 0.3) is 0 Å². The zero-order valence-corrected chi connectivity index (χ0v) is 12.2. The smallest absolute Gasteiger partial charge is 0.263 e. The zero-order valence-electron chi connectivity index (χ0n) is 10.5. The van der Waals surface area contributed by atoms with Gasteiger partial charge in [0, 0.05) is 19.8 Å². The number of hydrogen-bond donors (Lipinski definition) is 3. The second kappa shape index (κ2) is 5.57. The molecule has 0 aliphatic carbocycles. The lowest BCUT2D eigenvalue weighted by molar-refractivity contribution is 0.0968. The fraction of sp³-hybridized carbons (Fsp3) is 0.500. The molecular formula is C10H17N3O3S2. The van der Waals surface area contributed by atoms with E-state index < -0.39 is 9.84 Å². The third-order valence-corrected chi connectivity index (χ3v) is 4.70. The third-order valence-electron chi connectivity index (χ3n) is 2.24. The number of thiophene rings is 1. The summed E-state index contributed by atoms with van der Waals surface area (Å²) < 4.78 is 23.4. The van der Waals surface area contributed by atoms with Crippen molar-refractivity contribution in [3.63, 3.8) is 0 Å². The molecule has 0 bridgehead atoms. The molecule has 0 aliphatic heterocycles. The maximum absolute atomic E-state index is 11.7. The zero-order chi connectivity index (χ0) is 13.9. The molecule has 18 heavy (non-hydrogen) atoms. The van der Waals surface area contributed by atoms with Crippen LogP contribution in [0.2, 0.25) is 0 Å².